The quantitative estimate of drug-likeness (QED) is 0.597. The molecule has 2 heterocycles. The highest BCUT2D eigenvalue weighted by atomic mass is 35.5. The van der Waals surface area contributed by atoms with Crippen molar-refractivity contribution in [2.75, 3.05) is 25.0 Å². The van der Waals surface area contributed by atoms with Gasteiger partial charge in [-0.1, -0.05) is 35.5 Å². The van der Waals surface area contributed by atoms with Gasteiger partial charge >= 0.3 is 0 Å². The Balaban J connectivity index is 1.55. The van der Waals surface area contributed by atoms with E-state index in [9.17, 15) is 5.21 Å². The second-order valence-corrected chi connectivity index (χ2v) is 11.3. The fourth-order valence-electron chi connectivity index (χ4n) is 5.01. The molecule has 2 aromatic rings. The number of anilines is 2. The molecule has 2 aliphatic rings. The zero-order chi connectivity index (χ0) is 21.7. The summed E-state index contributed by atoms with van der Waals surface area (Å²) in [5, 5.41) is 13.0. The van der Waals surface area contributed by atoms with Crippen LogP contribution in [0, 0.1) is 0 Å². The van der Waals surface area contributed by atoms with Crippen molar-refractivity contribution < 1.29 is 5.21 Å². The number of hydrogen-bond acceptors (Lipinski definition) is 5. The van der Waals surface area contributed by atoms with Crippen LogP contribution < -0.4 is 4.90 Å². The highest BCUT2D eigenvalue weighted by molar-refractivity contribution is 7.99. The van der Waals surface area contributed by atoms with Crippen LogP contribution in [-0.2, 0) is 0 Å². The molecular formula is C24H32ClN3OS. The van der Waals surface area contributed by atoms with E-state index in [0.717, 1.165) is 31.0 Å². The molecule has 30 heavy (non-hydrogen) atoms. The van der Waals surface area contributed by atoms with Gasteiger partial charge in [-0.15, -0.1) is 0 Å². The van der Waals surface area contributed by atoms with Gasteiger partial charge in [0, 0.05) is 45.0 Å². The number of rotatable bonds is 4. The van der Waals surface area contributed by atoms with E-state index in [2.05, 4.69) is 80.9 Å². The summed E-state index contributed by atoms with van der Waals surface area (Å²) in [5.74, 6) is 0. The van der Waals surface area contributed by atoms with Crippen LogP contribution in [0.5, 0.6) is 0 Å². The summed E-state index contributed by atoms with van der Waals surface area (Å²) in [6, 6.07) is 15.2. The van der Waals surface area contributed by atoms with Gasteiger partial charge in [-0.3, -0.25) is 0 Å². The third-order valence-corrected chi connectivity index (χ3v) is 7.87. The topological polar surface area (TPSA) is 30.0 Å². The minimum Gasteiger partial charge on any atom is -0.338 e. The number of benzene rings is 2. The molecule has 0 radical (unpaired) electrons. The minimum atomic E-state index is -0.241. The molecule has 0 spiro atoms. The first-order chi connectivity index (χ1) is 14.1. The van der Waals surface area contributed by atoms with Crippen LogP contribution in [0.15, 0.2) is 52.3 Å². The average Bonchev–Trinajstić information content (AvgIpc) is 2.68. The number of para-hydroxylation sites is 1. The highest BCUT2D eigenvalue weighted by Crippen LogP contribution is 2.48. The molecular weight excluding hydrogens is 414 g/mol. The Morgan fingerprint density at radius 1 is 1.03 bits per heavy atom. The normalized spacial score (nSPS) is 20.9. The van der Waals surface area contributed by atoms with Gasteiger partial charge in [-0.05, 0) is 77.9 Å². The van der Waals surface area contributed by atoms with Crippen molar-refractivity contribution in [3.05, 3.63) is 47.5 Å². The number of halogens is 1. The van der Waals surface area contributed by atoms with E-state index >= 15 is 0 Å². The summed E-state index contributed by atoms with van der Waals surface area (Å²) in [6.45, 7) is 10.3. The molecule has 2 aliphatic heterocycles. The Labute approximate surface area is 189 Å². The van der Waals surface area contributed by atoms with Gasteiger partial charge in [0.2, 0.25) is 0 Å². The lowest BCUT2D eigenvalue weighted by atomic mass is 9.78. The van der Waals surface area contributed by atoms with Crippen molar-refractivity contribution in [3.63, 3.8) is 0 Å². The van der Waals surface area contributed by atoms with Gasteiger partial charge in [0.25, 0.3) is 0 Å². The van der Waals surface area contributed by atoms with Crippen LogP contribution in [0.3, 0.4) is 0 Å². The van der Waals surface area contributed by atoms with Gasteiger partial charge in [-0.2, -0.15) is 5.06 Å². The monoisotopic (exact) mass is 445 g/mol. The average molecular weight is 446 g/mol. The number of hydrogen-bond donors (Lipinski definition) is 1. The first-order valence-corrected chi connectivity index (χ1v) is 11.8. The summed E-state index contributed by atoms with van der Waals surface area (Å²) >= 11 is 8.17. The summed E-state index contributed by atoms with van der Waals surface area (Å²) in [7, 11) is 2.22. The Morgan fingerprint density at radius 2 is 1.67 bits per heavy atom. The molecule has 1 fully saturated rings. The predicted molar refractivity (Wildman–Crippen MR) is 126 cm³/mol. The molecule has 4 nitrogen and oxygen atoms in total. The van der Waals surface area contributed by atoms with Crippen LogP contribution in [0.2, 0.25) is 5.02 Å². The maximum absolute atomic E-state index is 10.6. The van der Waals surface area contributed by atoms with E-state index in [1.165, 1.54) is 21.2 Å². The number of piperidine rings is 1. The molecule has 1 N–H and O–H groups in total. The molecule has 0 bridgehead atoms. The van der Waals surface area contributed by atoms with Crippen LogP contribution in [0.25, 0.3) is 0 Å². The largest absolute Gasteiger partial charge is 0.338 e. The summed E-state index contributed by atoms with van der Waals surface area (Å²) in [6.07, 6.45) is 1.89. The van der Waals surface area contributed by atoms with E-state index < -0.39 is 0 Å². The lowest BCUT2D eigenvalue weighted by Gasteiger charge is -2.53. The number of fused-ring (bicyclic) bond motifs is 2. The van der Waals surface area contributed by atoms with E-state index in [-0.39, 0.29) is 11.1 Å². The zero-order valence-corrected chi connectivity index (χ0v) is 20.1. The van der Waals surface area contributed by atoms with Gasteiger partial charge in [0.05, 0.1) is 11.4 Å². The Bertz CT molecular complexity index is 914. The van der Waals surface area contributed by atoms with Gasteiger partial charge < -0.3 is 15.0 Å². The van der Waals surface area contributed by atoms with E-state index in [1.54, 1.807) is 5.06 Å². The maximum Gasteiger partial charge on any atom is 0.0568 e. The van der Waals surface area contributed by atoms with Gasteiger partial charge in [0.15, 0.2) is 0 Å². The number of likely N-dealkylation sites (N-methyl/N-ethyl adjacent to an activating group) is 1. The van der Waals surface area contributed by atoms with Gasteiger partial charge in [-0.25, -0.2) is 0 Å². The molecule has 0 saturated carbocycles. The maximum atomic E-state index is 10.6. The van der Waals surface area contributed by atoms with E-state index in [0.29, 0.717) is 6.04 Å². The fraction of sp³-hybridized carbons (Fsp3) is 0.500. The number of nitrogens with zero attached hydrogens (tertiary/aromatic N) is 3. The minimum absolute atomic E-state index is 0.241. The summed E-state index contributed by atoms with van der Waals surface area (Å²) < 4.78 is 0. The van der Waals surface area contributed by atoms with Crippen molar-refractivity contribution in [2.24, 2.45) is 0 Å². The van der Waals surface area contributed by atoms with Crippen LogP contribution in [0.4, 0.5) is 11.4 Å². The molecule has 0 aromatic heterocycles. The molecule has 0 aliphatic carbocycles. The standard InChI is InChI=1S/C24H32ClN3OS/c1-23(2)15-18(16-24(3,4)28(23)29)26(5)12-13-27-19-8-6-7-9-21(19)30-22-11-10-17(25)14-20(22)27/h6-11,14,18,29H,12-13,15-16H2,1-5H3. The SMILES string of the molecule is CN(CCN1c2ccccc2Sc2ccc(Cl)cc21)C1CC(C)(C)N(O)C(C)(C)C1. The Kier molecular flexibility index (Phi) is 5.88. The molecule has 4 rings (SSSR count). The van der Waals surface area contributed by atoms with Crippen molar-refractivity contribution in [3.8, 4) is 0 Å². The lowest BCUT2D eigenvalue weighted by molar-refractivity contribution is -0.251. The first kappa shape index (κ1) is 22.0. The second-order valence-electron chi connectivity index (χ2n) is 9.81. The second kappa shape index (κ2) is 8.03. The van der Waals surface area contributed by atoms with E-state index in [1.807, 2.05) is 17.8 Å². The predicted octanol–water partition coefficient (Wildman–Crippen LogP) is 6.29. The molecule has 1 saturated heterocycles. The smallest absolute Gasteiger partial charge is 0.0568 e. The summed E-state index contributed by atoms with van der Waals surface area (Å²) in [5.41, 5.74) is 1.95. The van der Waals surface area contributed by atoms with Crippen molar-refractivity contribution >= 4 is 34.7 Å². The van der Waals surface area contributed by atoms with Crippen LogP contribution in [-0.4, -0.2) is 52.4 Å². The molecule has 0 unspecified atom stereocenters. The summed E-state index contributed by atoms with van der Waals surface area (Å²) in [4.78, 5) is 7.40. The van der Waals surface area contributed by atoms with E-state index in [4.69, 9.17) is 11.6 Å². The number of hydroxylamine groups is 2. The van der Waals surface area contributed by atoms with Crippen LogP contribution >= 0.6 is 23.4 Å². The third-order valence-electron chi connectivity index (χ3n) is 6.50. The molecule has 2 aromatic carbocycles. The van der Waals surface area contributed by atoms with Crippen molar-refractivity contribution in [1.82, 2.24) is 9.96 Å². The Hall–Kier alpha value is -1.24. The lowest BCUT2D eigenvalue weighted by Crippen LogP contribution is -2.62. The molecule has 0 amide bonds. The van der Waals surface area contributed by atoms with Crippen molar-refractivity contribution in [2.45, 2.75) is 67.4 Å². The zero-order valence-electron chi connectivity index (χ0n) is 18.5. The van der Waals surface area contributed by atoms with Gasteiger partial charge in [0.1, 0.15) is 0 Å². The third kappa shape index (κ3) is 4.11. The first-order valence-electron chi connectivity index (χ1n) is 10.6. The fourth-order valence-corrected chi connectivity index (χ4v) is 6.26. The molecule has 162 valence electrons. The van der Waals surface area contributed by atoms with Crippen LogP contribution in [0.1, 0.15) is 40.5 Å². The Morgan fingerprint density at radius 3 is 2.37 bits per heavy atom. The highest BCUT2D eigenvalue weighted by Gasteiger charge is 2.46. The molecule has 6 heteroatoms. The molecule has 0 atom stereocenters. The van der Waals surface area contributed by atoms with Crippen molar-refractivity contribution in [1.29, 1.82) is 0 Å².